The highest BCUT2D eigenvalue weighted by molar-refractivity contribution is 5.94. The number of morpholine rings is 1. The van der Waals surface area contributed by atoms with E-state index in [-0.39, 0.29) is 11.5 Å². The van der Waals surface area contributed by atoms with E-state index < -0.39 is 0 Å². The van der Waals surface area contributed by atoms with Crippen molar-refractivity contribution < 1.29 is 14.6 Å². The number of carbonyl (C=O) groups is 1. The smallest absolute Gasteiger partial charge is 0.159 e. The standard InChI is InChI=1S/C13H17NO3/c1-10(15)11-2-3-12(13(16)8-11)9-14-4-6-17-7-5-14/h2-3,8,16H,4-7,9H2,1H3. The molecule has 1 heterocycles. The second-order valence-electron chi connectivity index (χ2n) is 4.29. The first-order valence-corrected chi connectivity index (χ1v) is 5.80. The molecule has 0 spiro atoms. The van der Waals surface area contributed by atoms with E-state index in [0.717, 1.165) is 31.9 Å². The fraction of sp³-hybridized carbons (Fsp3) is 0.462. The first-order valence-electron chi connectivity index (χ1n) is 5.80. The lowest BCUT2D eigenvalue weighted by Crippen LogP contribution is -2.35. The number of aromatic hydroxyl groups is 1. The summed E-state index contributed by atoms with van der Waals surface area (Å²) in [5.41, 5.74) is 1.41. The minimum atomic E-state index is -0.0294. The van der Waals surface area contributed by atoms with Crippen molar-refractivity contribution in [2.75, 3.05) is 26.3 Å². The number of hydrogen-bond acceptors (Lipinski definition) is 4. The van der Waals surface area contributed by atoms with E-state index in [4.69, 9.17) is 4.74 Å². The zero-order valence-electron chi connectivity index (χ0n) is 9.98. The molecule has 0 bridgehead atoms. The van der Waals surface area contributed by atoms with Crippen molar-refractivity contribution in [3.05, 3.63) is 29.3 Å². The predicted octanol–water partition coefficient (Wildman–Crippen LogP) is 1.43. The maximum atomic E-state index is 11.2. The molecule has 1 aromatic carbocycles. The highest BCUT2D eigenvalue weighted by Crippen LogP contribution is 2.21. The third-order valence-corrected chi connectivity index (χ3v) is 2.99. The van der Waals surface area contributed by atoms with E-state index in [1.807, 2.05) is 6.07 Å². The van der Waals surface area contributed by atoms with Gasteiger partial charge in [-0.25, -0.2) is 0 Å². The molecule has 1 aliphatic rings. The molecule has 0 amide bonds. The van der Waals surface area contributed by atoms with Crippen LogP contribution in [0, 0.1) is 0 Å². The number of phenolic OH excluding ortho intramolecular Hbond substituents is 1. The van der Waals surface area contributed by atoms with Crippen molar-refractivity contribution in [3.63, 3.8) is 0 Å². The van der Waals surface area contributed by atoms with Crippen LogP contribution < -0.4 is 0 Å². The van der Waals surface area contributed by atoms with Gasteiger partial charge in [0.1, 0.15) is 5.75 Å². The fourth-order valence-electron chi connectivity index (χ4n) is 1.92. The van der Waals surface area contributed by atoms with E-state index in [9.17, 15) is 9.90 Å². The number of rotatable bonds is 3. The molecule has 0 aromatic heterocycles. The Morgan fingerprint density at radius 3 is 2.71 bits per heavy atom. The summed E-state index contributed by atoms with van der Waals surface area (Å²) in [6.45, 7) is 5.45. The molecule has 0 saturated carbocycles. The molecule has 0 aliphatic carbocycles. The van der Waals surface area contributed by atoms with Crippen LogP contribution in [-0.4, -0.2) is 42.1 Å². The summed E-state index contributed by atoms with van der Waals surface area (Å²) in [6, 6.07) is 5.12. The SMILES string of the molecule is CC(=O)c1ccc(CN2CCOCC2)c(O)c1. The number of nitrogens with zero attached hydrogens (tertiary/aromatic N) is 1. The molecule has 0 atom stereocenters. The van der Waals surface area contributed by atoms with Crippen LogP contribution >= 0.6 is 0 Å². The number of Topliss-reactive ketones (excluding diaryl/α,β-unsaturated/α-hetero) is 1. The Morgan fingerprint density at radius 2 is 2.12 bits per heavy atom. The molecule has 2 rings (SSSR count). The average Bonchev–Trinajstić information content (AvgIpc) is 2.33. The summed E-state index contributed by atoms with van der Waals surface area (Å²) < 4.78 is 5.27. The summed E-state index contributed by atoms with van der Waals surface area (Å²) in [5, 5.41) is 9.86. The molecule has 1 fully saturated rings. The van der Waals surface area contributed by atoms with Crippen LogP contribution in [0.15, 0.2) is 18.2 Å². The Hall–Kier alpha value is -1.39. The third-order valence-electron chi connectivity index (χ3n) is 2.99. The van der Waals surface area contributed by atoms with Gasteiger partial charge in [-0.05, 0) is 13.0 Å². The molecule has 0 unspecified atom stereocenters. The number of phenols is 1. The van der Waals surface area contributed by atoms with Crippen LogP contribution in [0.2, 0.25) is 0 Å². The van der Waals surface area contributed by atoms with Crippen LogP contribution in [-0.2, 0) is 11.3 Å². The van der Waals surface area contributed by atoms with E-state index >= 15 is 0 Å². The van der Waals surface area contributed by atoms with Crippen LogP contribution in [0.5, 0.6) is 5.75 Å². The van der Waals surface area contributed by atoms with Gasteiger partial charge in [0.2, 0.25) is 0 Å². The minimum absolute atomic E-state index is 0.0294. The largest absolute Gasteiger partial charge is 0.508 e. The van der Waals surface area contributed by atoms with E-state index in [1.165, 1.54) is 13.0 Å². The summed E-state index contributed by atoms with van der Waals surface area (Å²) >= 11 is 0. The van der Waals surface area contributed by atoms with Gasteiger partial charge in [-0.3, -0.25) is 9.69 Å². The quantitative estimate of drug-likeness (QED) is 0.805. The number of carbonyl (C=O) groups excluding carboxylic acids is 1. The number of benzene rings is 1. The Labute approximate surface area is 101 Å². The highest BCUT2D eigenvalue weighted by atomic mass is 16.5. The molecule has 1 aromatic rings. The first kappa shape index (κ1) is 12.1. The van der Waals surface area contributed by atoms with Gasteiger partial charge < -0.3 is 9.84 Å². The lowest BCUT2D eigenvalue weighted by Gasteiger charge is -2.26. The van der Waals surface area contributed by atoms with Crippen LogP contribution in [0.3, 0.4) is 0 Å². The van der Waals surface area contributed by atoms with E-state index in [1.54, 1.807) is 6.07 Å². The number of ether oxygens (including phenoxy) is 1. The van der Waals surface area contributed by atoms with Crippen molar-refractivity contribution in [3.8, 4) is 5.75 Å². The highest BCUT2D eigenvalue weighted by Gasteiger charge is 2.13. The van der Waals surface area contributed by atoms with E-state index in [2.05, 4.69) is 4.90 Å². The van der Waals surface area contributed by atoms with Crippen LogP contribution in [0.25, 0.3) is 0 Å². The molecule has 1 N–H and O–H groups in total. The summed E-state index contributed by atoms with van der Waals surface area (Å²) in [7, 11) is 0. The van der Waals surface area contributed by atoms with Crippen molar-refractivity contribution in [2.45, 2.75) is 13.5 Å². The normalized spacial score (nSPS) is 17.0. The monoisotopic (exact) mass is 235 g/mol. The summed E-state index contributed by atoms with van der Waals surface area (Å²) in [5.74, 6) is 0.169. The zero-order chi connectivity index (χ0) is 12.3. The molecule has 1 saturated heterocycles. The molecule has 1 aliphatic heterocycles. The molecule has 0 radical (unpaired) electrons. The van der Waals surface area contributed by atoms with Gasteiger partial charge in [-0.1, -0.05) is 12.1 Å². The number of ketones is 1. The number of hydrogen-bond donors (Lipinski definition) is 1. The molecular formula is C13H17NO3. The van der Waals surface area contributed by atoms with Gasteiger partial charge in [-0.2, -0.15) is 0 Å². The second-order valence-corrected chi connectivity index (χ2v) is 4.29. The van der Waals surface area contributed by atoms with Gasteiger partial charge >= 0.3 is 0 Å². The second kappa shape index (κ2) is 5.29. The zero-order valence-corrected chi connectivity index (χ0v) is 9.98. The van der Waals surface area contributed by atoms with Crippen molar-refractivity contribution in [1.29, 1.82) is 0 Å². The maximum absolute atomic E-state index is 11.2. The molecule has 4 heteroatoms. The summed E-state index contributed by atoms with van der Waals surface area (Å²) in [4.78, 5) is 13.4. The van der Waals surface area contributed by atoms with Gasteiger partial charge in [0.05, 0.1) is 13.2 Å². The Balaban J connectivity index is 2.08. The topological polar surface area (TPSA) is 49.8 Å². The molecule has 92 valence electrons. The fourth-order valence-corrected chi connectivity index (χ4v) is 1.92. The maximum Gasteiger partial charge on any atom is 0.159 e. The Kier molecular flexibility index (Phi) is 3.76. The van der Waals surface area contributed by atoms with Crippen LogP contribution in [0.4, 0.5) is 0 Å². The molecule has 4 nitrogen and oxygen atoms in total. The van der Waals surface area contributed by atoms with Crippen molar-refractivity contribution in [2.24, 2.45) is 0 Å². The predicted molar refractivity (Wildman–Crippen MR) is 64.2 cm³/mol. The Bertz CT molecular complexity index is 411. The minimum Gasteiger partial charge on any atom is -0.508 e. The van der Waals surface area contributed by atoms with Gasteiger partial charge in [-0.15, -0.1) is 0 Å². The average molecular weight is 235 g/mol. The molecular weight excluding hydrogens is 218 g/mol. The van der Waals surface area contributed by atoms with Crippen molar-refractivity contribution >= 4 is 5.78 Å². The van der Waals surface area contributed by atoms with Gasteiger partial charge in [0.15, 0.2) is 5.78 Å². The summed E-state index contributed by atoms with van der Waals surface area (Å²) in [6.07, 6.45) is 0. The van der Waals surface area contributed by atoms with Gasteiger partial charge in [0, 0.05) is 30.8 Å². The van der Waals surface area contributed by atoms with Crippen molar-refractivity contribution in [1.82, 2.24) is 4.90 Å². The molecule has 17 heavy (non-hydrogen) atoms. The van der Waals surface area contributed by atoms with Crippen LogP contribution in [0.1, 0.15) is 22.8 Å². The van der Waals surface area contributed by atoms with Gasteiger partial charge in [0.25, 0.3) is 0 Å². The van der Waals surface area contributed by atoms with E-state index in [0.29, 0.717) is 12.1 Å². The first-order chi connectivity index (χ1) is 8.16. The Morgan fingerprint density at radius 1 is 1.41 bits per heavy atom. The lowest BCUT2D eigenvalue weighted by atomic mass is 10.1. The third kappa shape index (κ3) is 3.05. The lowest BCUT2D eigenvalue weighted by molar-refractivity contribution is 0.0339.